The molecule has 0 bridgehead atoms. The highest BCUT2D eigenvalue weighted by molar-refractivity contribution is 6.30. The van der Waals surface area contributed by atoms with E-state index in [1.165, 1.54) is 0 Å². The number of carbonyl (C=O) groups is 2. The molecule has 0 saturated carbocycles. The van der Waals surface area contributed by atoms with Gasteiger partial charge in [-0.3, -0.25) is 4.79 Å². The number of rotatable bonds is 2. The lowest BCUT2D eigenvalue weighted by Gasteiger charge is -2.30. The van der Waals surface area contributed by atoms with Crippen LogP contribution in [0.15, 0.2) is 36.4 Å². The molecule has 128 valence electrons. The number of hydrogen-bond donors (Lipinski definition) is 1. The number of carbonyl (C=O) groups excluding carboxylic acids is 1. The van der Waals surface area contributed by atoms with Crippen molar-refractivity contribution in [3.8, 4) is 5.75 Å². The van der Waals surface area contributed by atoms with E-state index in [2.05, 4.69) is 0 Å². The maximum atomic E-state index is 12.8. The number of ether oxygens (including phenoxy) is 1. The van der Waals surface area contributed by atoms with Gasteiger partial charge in [0.15, 0.2) is 6.10 Å². The van der Waals surface area contributed by atoms with E-state index in [0.717, 1.165) is 16.7 Å². The average Bonchev–Trinajstić information content (AvgIpc) is 3.03. The number of hydrogen-bond acceptors (Lipinski definition) is 3. The zero-order chi connectivity index (χ0) is 17.6. The Hall–Kier alpha value is -2.53. The van der Waals surface area contributed by atoms with Gasteiger partial charge in [0.1, 0.15) is 5.75 Å². The van der Waals surface area contributed by atoms with Gasteiger partial charge in [-0.2, -0.15) is 0 Å². The lowest BCUT2D eigenvalue weighted by atomic mass is 9.97. The van der Waals surface area contributed by atoms with Gasteiger partial charge in [-0.1, -0.05) is 17.7 Å². The Bertz CT molecular complexity index is 880. The predicted octanol–water partition coefficient (Wildman–Crippen LogP) is 2.93. The van der Waals surface area contributed by atoms with Crippen LogP contribution in [0, 0.1) is 0 Å². The molecule has 2 aromatic carbocycles. The minimum absolute atomic E-state index is 0.0706. The Morgan fingerprint density at radius 1 is 1.12 bits per heavy atom. The first-order valence-electron chi connectivity index (χ1n) is 8.10. The number of benzene rings is 2. The molecule has 4 rings (SSSR count). The summed E-state index contributed by atoms with van der Waals surface area (Å²) in [6.07, 6.45) is 0.678. The van der Waals surface area contributed by atoms with Crippen molar-refractivity contribution in [3.63, 3.8) is 0 Å². The fourth-order valence-corrected chi connectivity index (χ4v) is 3.63. The van der Waals surface area contributed by atoms with Crippen LogP contribution in [0.5, 0.6) is 5.75 Å². The number of carboxylic acids is 1. The highest BCUT2D eigenvalue weighted by Crippen LogP contribution is 2.32. The van der Waals surface area contributed by atoms with E-state index in [1.54, 1.807) is 29.2 Å². The molecule has 1 N–H and O–H groups in total. The summed E-state index contributed by atoms with van der Waals surface area (Å²) in [5.74, 6) is -0.329. The second-order valence-corrected chi connectivity index (χ2v) is 6.80. The van der Waals surface area contributed by atoms with E-state index in [1.807, 2.05) is 12.1 Å². The summed E-state index contributed by atoms with van der Waals surface area (Å²) in [5.41, 5.74) is 3.16. The number of fused-ring (bicyclic) bond motifs is 2. The van der Waals surface area contributed by atoms with Gasteiger partial charge < -0.3 is 14.7 Å². The molecule has 2 aliphatic rings. The first-order chi connectivity index (χ1) is 12.0. The number of halogens is 1. The van der Waals surface area contributed by atoms with Gasteiger partial charge >= 0.3 is 5.97 Å². The van der Waals surface area contributed by atoms with Crippen LogP contribution in [0.3, 0.4) is 0 Å². The normalized spacial score (nSPS) is 18.3. The summed E-state index contributed by atoms with van der Waals surface area (Å²) >= 11 is 6.00. The first-order valence-corrected chi connectivity index (χ1v) is 8.48. The Labute approximate surface area is 149 Å². The predicted molar refractivity (Wildman–Crippen MR) is 92.1 cm³/mol. The lowest BCUT2D eigenvalue weighted by Crippen LogP contribution is -2.43. The molecule has 1 amide bonds. The van der Waals surface area contributed by atoms with Crippen molar-refractivity contribution < 1.29 is 19.4 Å². The van der Waals surface area contributed by atoms with Gasteiger partial charge in [0.2, 0.25) is 0 Å². The van der Waals surface area contributed by atoms with Gasteiger partial charge in [0.25, 0.3) is 5.91 Å². The largest absolute Gasteiger partial charge is 0.480 e. The summed E-state index contributed by atoms with van der Waals surface area (Å²) in [6.45, 7) is 1.02. The third kappa shape index (κ3) is 2.96. The molecule has 0 radical (unpaired) electrons. The van der Waals surface area contributed by atoms with E-state index < -0.39 is 12.1 Å². The molecule has 5 nitrogen and oxygen atoms in total. The Balaban J connectivity index is 1.51. The molecule has 2 aromatic rings. The van der Waals surface area contributed by atoms with Crippen LogP contribution in [0.4, 0.5) is 0 Å². The topological polar surface area (TPSA) is 66.8 Å². The van der Waals surface area contributed by atoms with Crippen LogP contribution in [0.1, 0.15) is 27.0 Å². The molecule has 0 fully saturated rings. The van der Waals surface area contributed by atoms with E-state index in [0.29, 0.717) is 36.7 Å². The quantitative estimate of drug-likeness (QED) is 0.897. The monoisotopic (exact) mass is 357 g/mol. The van der Waals surface area contributed by atoms with E-state index in [4.69, 9.17) is 21.4 Å². The summed E-state index contributed by atoms with van der Waals surface area (Å²) < 4.78 is 5.78. The van der Waals surface area contributed by atoms with Crippen LogP contribution in [-0.2, 0) is 24.2 Å². The van der Waals surface area contributed by atoms with Crippen LogP contribution < -0.4 is 4.74 Å². The molecule has 6 heteroatoms. The molecule has 25 heavy (non-hydrogen) atoms. The Morgan fingerprint density at radius 2 is 1.96 bits per heavy atom. The average molecular weight is 358 g/mol. The van der Waals surface area contributed by atoms with E-state index >= 15 is 0 Å². The molecule has 1 atom stereocenters. The van der Waals surface area contributed by atoms with Crippen LogP contribution in [-0.4, -0.2) is 34.5 Å². The number of amides is 1. The molecule has 0 aliphatic carbocycles. The van der Waals surface area contributed by atoms with Crippen molar-refractivity contribution in [3.05, 3.63) is 63.7 Å². The molecule has 1 unspecified atom stereocenters. The number of carboxylic acid groups (broad SMARTS) is 1. The minimum Gasteiger partial charge on any atom is -0.480 e. The zero-order valence-corrected chi connectivity index (χ0v) is 14.1. The fourth-order valence-electron chi connectivity index (χ4n) is 3.44. The minimum atomic E-state index is -0.960. The summed E-state index contributed by atoms with van der Waals surface area (Å²) in [7, 11) is 0. The smallest absolute Gasteiger partial charge is 0.335 e. The van der Waals surface area contributed by atoms with Gasteiger partial charge in [-0.25, -0.2) is 4.79 Å². The highest BCUT2D eigenvalue weighted by Gasteiger charge is 2.34. The Kier molecular flexibility index (Phi) is 3.88. The van der Waals surface area contributed by atoms with Crippen molar-refractivity contribution in [1.82, 2.24) is 4.90 Å². The summed E-state index contributed by atoms with van der Waals surface area (Å²) in [6, 6.07) is 10.5. The standard InChI is InChI=1S/C19H16ClNO4/c20-15-3-4-16-13(8-15)9-17(25-16)18(22)21-6-5-11-1-2-12(19(23)24)7-14(11)10-21/h1-4,7-8,17H,5-6,9-10H2,(H,23,24). The lowest BCUT2D eigenvalue weighted by molar-refractivity contribution is -0.138. The van der Waals surface area contributed by atoms with Crippen molar-refractivity contribution in [1.29, 1.82) is 0 Å². The first kappa shape index (κ1) is 16.0. The van der Waals surface area contributed by atoms with Crippen LogP contribution in [0.2, 0.25) is 5.02 Å². The third-order valence-electron chi connectivity index (χ3n) is 4.75. The maximum absolute atomic E-state index is 12.8. The van der Waals surface area contributed by atoms with Crippen molar-refractivity contribution in [2.45, 2.75) is 25.5 Å². The van der Waals surface area contributed by atoms with Gasteiger partial charge in [0.05, 0.1) is 5.56 Å². The number of nitrogens with zero attached hydrogens (tertiary/aromatic N) is 1. The summed E-state index contributed by atoms with van der Waals surface area (Å²) in [4.78, 5) is 25.7. The second kappa shape index (κ2) is 6.08. The zero-order valence-electron chi connectivity index (χ0n) is 13.4. The molecule has 0 saturated heterocycles. The van der Waals surface area contributed by atoms with Crippen LogP contribution in [0.25, 0.3) is 0 Å². The molecule has 0 spiro atoms. The van der Waals surface area contributed by atoms with Gasteiger partial charge in [0, 0.05) is 24.5 Å². The fraction of sp³-hybridized carbons (Fsp3) is 0.263. The van der Waals surface area contributed by atoms with Crippen molar-refractivity contribution in [2.24, 2.45) is 0 Å². The third-order valence-corrected chi connectivity index (χ3v) is 4.98. The molecule has 2 heterocycles. The SMILES string of the molecule is O=C(O)c1ccc2c(c1)CN(C(=O)C1Cc3cc(Cl)ccc3O1)CC2. The van der Waals surface area contributed by atoms with Gasteiger partial charge in [-0.15, -0.1) is 0 Å². The molecule has 0 aromatic heterocycles. The molecular formula is C19H16ClNO4. The van der Waals surface area contributed by atoms with Crippen molar-refractivity contribution >= 4 is 23.5 Å². The van der Waals surface area contributed by atoms with E-state index in [9.17, 15) is 9.59 Å². The van der Waals surface area contributed by atoms with Crippen molar-refractivity contribution in [2.75, 3.05) is 6.54 Å². The maximum Gasteiger partial charge on any atom is 0.335 e. The van der Waals surface area contributed by atoms with Crippen LogP contribution >= 0.6 is 11.6 Å². The van der Waals surface area contributed by atoms with Gasteiger partial charge in [-0.05, 0) is 53.4 Å². The highest BCUT2D eigenvalue weighted by atomic mass is 35.5. The van der Waals surface area contributed by atoms with E-state index in [-0.39, 0.29) is 11.5 Å². The second-order valence-electron chi connectivity index (χ2n) is 6.36. The Morgan fingerprint density at radius 3 is 2.76 bits per heavy atom. The molecular weight excluding hydrogens is 342 g/mol. The summed E-state index contributed by atoms with van der Waals surface area (Å²) in [5, 5.41) is 9.77. The number of aromatic carboxylic acids is 1. The molecule has 2 aliphatic heterocycles.